The molecule has 0 unspecified atom stereocenters. The zero-order valence-corrected chi connectivity index (χ0v) is 11.4. The maximum Gasteiger partial charge on any atom is 0.189 e. The molecule has 1 aliphatic heterocycles. The first-order valence-electron chi connectivity index (χ1n) is 6.99. The van der Waals surface area contributed by atoms with Crippen molar-refractivity contribution in [2.24, 2.45) is 5.73 Å². The van der Waals surface area contributed by atoms with Crippen LogP contribution in [0.3, 0.4) is 0 Å². The molecule has 3 heteroatoms. The highest BCUT2D eigenvalue weighted by atomic mass is 15.3. The molecular formula is C17H19N3. The molecule has 1 fully saturated rings. The Morgan fingerprint density at radius 1 is 0.850 bits per heavy atom. The van der Waals surface area contributed by atoms with Crippen molar-refractivity contribution in [1.29, 1.82) is 5.41 Å². The molecule has 1 heterocycles. The Hall–Kier alpha value is -2.29. The molecule has 0 bridgehead atoms. The zero-order chi connectivity index (χ0) is 13.9. The van der Waals surface area contributed by atoms with Gasteiger partial charge in [-0.3, -0.25) is 5.41 Å². The largest absolute Gasteiger partial charge is 0.370 e. The van der Waals surface area contributed by atoms with E-state index in [4.69, 9.17) is 11.1 Å². The molecule has 0 aliphatic carbocycles. The third kappa shape index (κ3) is 2.27. The number of nitrogens with two attached hydrogens (primary N) is 1. The fourth-order valence-electron chi connectivity index (χ4n) is 3.15. The molecule has 0 radical (unpaired) electrons. The summed E-state index contributed by atoms with van der Waals surface area (Å²) in [5.41, 5.74) is 8.34. The molecule has 3 rings (SSSR count). The quantitative estimate of drug-likeness (QED) is 0.645. The second kappa shape index (κ2) is 5.37. The third-order valence-corrected chi connectivity index (χ3v) is 4.03. The lowest BCUT2D eigenvalue weighted by Gasteiger charge is -2.31. The summed E-state index contributed by atoms with van der Waals surface area (Å²) in [5.74, 6) is 0.158. The van der Waals surface area contributed by atoms with E-state index in [1.807, 2.05) is 41.3 Å². The van der Waals surface area contributed by atoms with E-state index >= 15 is 0 Å². The molecule has 0 saturated carbocycles. The van der Waals surface area contributed by atoms with Crippen LogP contribution in [0.4, 0.5) is 0 Å². The summed E-state index contributed by atoms with van der Waals surface area (Å²) in [6, 6.07) is 21.1. The highest BCUT2D eigenvalue weighted by Gasteiger charge is 2.35. The lowest BCUT2D eigenvalue weighted by atomic mass is 10.0. The maximum absolute atomic E-state index is 7.95. The molecule has 0 aromatic heterocycles. The second-order valence-electron chi connectivity index (χ2n) is 5.22. The van der Waals surface area contributed by atoms with E-state index in [9.17, 15) is 0 Å². The Labute approximate surface area is 119 Å². The summed E-state index contributed by atoms with van der Waals surface area (Å²) in [5, 5.41) is 7.95. The standard InChI is InChI=1S/C17H19N3/c18-17(19)20-15(13-7-3-1-4-8-13)11-12-16(20)14-9-5-2-6-10-14/h1-10,15-16H,11-12H2,(H3,18,19)/t15-,16+. The molecule has 2 aromatic carbocycles. The summed E-state index contributed by atoms with van der Waals surface area (Å²) in [6.07, 6.45) is 2.06. The highest BCUT2D eigenvalue weighted by molar-refractivity contribution is 5.76. The van der Waals surface area contributed by atoms with Crippen LogP contribution in [0.2, 0.25) is 0 Å². The van der Waals surface area contributed by atoms with Crippen molar-refractivity contribution >= 4 is 5.96 Å². The summed E-state index contributed by atoms with van der Waals surface area (Å²) in [6.45, 7) is 0. The van der Waals surface area contributed by atoms with Gasteiger partial charge in [0.1, 0.15) is 0 Å². The van der Waals surface area contributed by atoms with Crippen LogP contribution in [0.25, 0.3) is 0 Å². The first-order valence-corrected chi connectivity index (χ1v) is 6.99. The Morgan fingerprint density at radius 2 is 1.25 bits per heavy atom. The minimum absolute atomic E-state index is 0.158. The second-order valence-corrected chi connectivity index (χ2v) is 5.22. The lowest BCUT2D eigenvalue weighted by Crippen LogP contribution is -2.37. The average Bonchev–Trinajstić information content (AvgIpc) is 2.94. The first kappa shape index (κ1) is 12.7. The van der Waals surface area contributed by atoms with Gasteiger partial charge in [-0.25, -0.2) is 0 Å². The minimum atomic E-state index is 0.158. The van der Waals surface area contributed by atoms with Gasteiger partial charge in [-0.2, -0.15) is 0 Å². The Kier molecular flexibility index (Phi) is 3.42. The van der Waals surface area contributed by atoms with Crippen LogP contribution in [0.15, 0.2) is 60.7 Å². The van der Waals surface area contributed by atoms with Crippen LogP contribution in [0, 0.1) is 5.41 Å². The van der Waals surface area contributed by atoms with Gasteiger partial charge >= 0.3 is 0 Å². The van der Waals surface area contributed by atoms with E-state index < -0.39 is 0 Å². The molecule has 3 N–H and O–H groups in total. The van der Waals surface area contributed by atoms with Crippen LogP contribution in [0.5, 0.6) is 0 Å². The fourth-order valence-corrected chi connectivity index (χ4v) is 3.15. The number of hydrogen-bond donors (Lipinski definition) is 2. The van der Waals surface area contributed by atoms with Crippen molar-refractivity contribution in [3.8, 4) is 0 Å². The van der Waals surface area contributed by atoms with Crippen LogP contribution in [-0.2, 0) is 0 Å². The van der Waals surface area contributed by atoms with Crippen LogP contribution in [0.1, 0.15) is 36.1 Å². The number of benzene rings is 2. The topological polar surface area (TPSA) is 53.1 Å². The van der Waals surface area contributed by atoms with Gasteiger partial charge in [0, 0.05) is 0 Å². The predicted molar refractivity (Wildman–Crippen MR) is 81.4 cm³/mol. The number of guanidine groups is 1. The van der Waals surface area contributed by atoms with Gasteiger partial charge in [-0.05, 0) is 24.0 Å². The van der Waals surface area contributed by atoms with Crippen LogP contribution >= 0.6 is 0 Å². The van der Waals surface area contributed by atoms with E-state index in [2.05, 4.69) is 24.3 Å². The van der Waals surface area contributed by atoms with Gasteiger partial charge < -0.3 is 10.6 Å². The van der Waals surface area contributed by atoms with E-state index in [0.717, 1.165) is 12.8 Å². The zero-order valence-electron chi connectivity index (χ0n) is 11.4. The minimum Gasteiger partial charge on any atom is -0.370 e. The van der Waals surface area contributed by atoms with Gasteiger partial charge in [0.15, 0.2) is 5.96 Å². The average molecular weight is 265 g/mol. The molecular weight excluding hydrogens is 246 g/mol. The van der Waals surface area contributed by atoms with Crippen molar-refractivity contribution in [3.63, 3.8) is 0 Å². The van der Waals surface area contributed by atoms with Gasteiger partial charge in [-0.15, -0.1) is 0 Å². The van der Waals surface area contributed by atoms with E-state index in [0.29, 0.717) is 0 Å². The molecule has 2 aromatic rings. The Morgan fingerprint density at radius 3 is 1.60 bits per heavy atom. The molecule has 20 heavy (non-hydrogen) atoms. The SMILES string of the molecule is N=C(N)N1[C@@H](c2ccccc2)CC[C@H]1c1ccccc1. The third-order valence-electron chi connectivity index (χ3n) is 4.03. The van der Waals surface area contributed by atoms with Crippen molar-refractivity contribution < 1.29 is 0 Å². The lowest BCUT2D eigenvalue weighted by molar-refractivity contribution is 0.317. The monoisotopic (exact) mass is 265 g/mol. The fraction of sp³-hybridized carbons (Fsp3) is 0.235. The first-order chi connectivity index (χ1) is 9.77. The van der Waals surface area contributed by atoms with Crippen LogP contribution < -0.4 is 5.73 Å². The molecule has 1 saturated heterocycles. The van der Waals surface area contributed by atoms with Crippen LogP contribution in [-0.4, -0.2) is 10.9 Å². The molecule has 0 amide bonds. The maximum atomic E-state index is 7.95. The van der Waals surface area contributed by atoms with Gasteiger partial charge in [0.25, 0.3) is 0 Å². The number of rotatable bonds is 2. The van der Waals surface area contributed by atoms with Crippen molar-refractivity contribution in [1.82, 2.24) is 4.90 Å². The van der Waals surface area contributed by atoms with Crippen molar-refractivity contribution in [2.75, 3.05) is 0 Å². The van der Waals surface area contributed by atoms with E-state index in [1.165, 1.54) is 11.1 Å². The van der Waals surface area contributed by atoms with Crippen molar-refractivity contribution in [2.45, 2.75) is 24.9 Å². The predicted octanol–water partition coefficient (Wildman–Crippen LogP) is 3.46. The summed E-state index contributed by atoms with van der Waals surface area (Å²) in [7, 11) is 0. The summed E-state index contributed by atoms with van der Waals surface area (Å²) >= 11 is 0. The molecule has 2 atom stereocenters. The van der Waals surface area contributed by atoms with Gasteiger partial charge in [0.2, 0.25) is 0 Å². The van der Waals surface area contributed by atoms with E-state index in [1.54, 1.807) is 0 Å². The van der Waals surface area contributed by atoms with Gasteiger partial charge in [-0.1, -0.05) is 60.7 Å². The summed E-state index contributed by atoms with van der Waals surface area (Å²) in [4.78, 5) is 2.05. The molecule has 0 spiro atoms. The Bertz CT molecular complexity index is 532. The molecule has 102 valence electrons. The smallest absolute Gasteiger partial charge is 0.189 e. The number of hydrogen-bond acceptors (Lipinski definition) is 1. The summed E-state index contributed by atoms with van der Waals surface area (Å²) < 4.78 is 0. The highest BCUT2D eigenvalue weighted by Crippen LogP contribution is 2.43. The number of nitrogens with one attached hydrogen (secondary N) is 1. The van der Waals surface area contributed by atoms with Gasteiger partial charge in [0.05, 0.1) is 12.1 Å². The van der Waals surface area contributed by atoms with Crippen molar-refractivity contribution in [3.05, 3.63) is 71.8 Å². The number of likely N-dealkylation sites (tertiary alicyclic amines) is 1. The Balaban J connectivity index is 1.94. The normalized spacial score (nSPS) is 21.9. The van der Waals surface area contributed by atoms with E-state index in [-0.39, 0.29) is 18.0 Å². The molecule has 3 nitrogen and oxygen atoms in total. The number of nitrogens with zero attached hydrogens (tertiary/aromatic N) is 1. The molecule has 1 aliphatic rings.